The Balaban J connectivity index is 1.91. The molecule has 150 valence electrons. The van der Waals surface area contributed by atoms with Crippen LogP contribution in [-0.4, -0.2) is 17.2 Å². The summed E-state index contributed by atoms with van der Waals surface area (Å²) in [5.41, 5.74) is 0.602. The molecule has 4 nitrogen and oxygen atoms in total. The maximum absolute atomic E-state index is 13.6. The first kappa shape index (κ1) is 20.3. The molecule has 1 N–H and O–H groups in total. The zero-order valence-electron chi connectivity index (χ0n) is 16.1. The van der Waals surface area contributed by atoms with Crippen molar-refractivity contribution in [2.75, 3.05) is 9.80 Å². The van der Waals surface area contributed by atoms with Crippen LogP contribution in [0.4, 0.5) is 16.2 Å². The second-order valence-electron chi connectivity index (χ2n) is 7.07. The molecule has 1 unspecified atom stereocenters. The molecule has 0 aliphatic carbocycles. The summed E-state index contributed by atoms with van der Waals surface area (Å²) in [4.78, 5) is 16.5. The summed E-state index contributed by atoms with van der Waals surface area (Å²) >= 11 is 12.1. The molecular weight excluding hydrogens is 419 g/mol. The smallest absolute Gasteiger partial charge is 0.332 e. The SMILES string of the molecule is C#Cc1cccc(C2(O)[C@@H](C)N(c3ccc(Cl)cc3)C(=O)N2c2ccc(Cl)cc2)c1. The van der Waals surface area contributed by atoms with Crippen molar-refractivity contribution in [2.45, 2.75) is 18.7 Å². The molecule has 0 aromatic heterocycles. The van der Waals surface area contributed by atoms with Crippen LogP contribution in [0.5, 0.6) is 0 Å². The van der Waals surface area contributed by atoms with Crippen LogP contribution in [0.15, 0.2) is 72.8 Å². The number of amides is 2. The number of halogens is 2. The van der Waals surface area contributed by atoms with Gasteiger partial charge in [-0.15, -0.1) is 6.42 Å². The molecule has 0 saturated carbocycles. The van der Waals surface area contributed by atoms with Crippen molar-refractivity contribution in [1.29, 1.82) is 0 Å². The zero-order valence-corrected chi connectivity index (χ0v) is 17.6. The van der Waals surface area contributed by atoms with E-state index in [1.54, 1.807) is 84.6 Å². The largest absolute Gasteiger partial charge is 0.365 e. The Labute approximate surface area is 185 Å². The highest BCUT2D eigenvalue weighted by molar-refractivity contribution is 6.31. The van der Waals surface area contributed by atoms with Gasteiger partial charge in [-0.05, 0) is 67.6 Å². The molecule has 2 atom stereocenters. The lowest BCUT2D eigenvalue weighted by molar-refractivity contribution is 0.0372. The third kappa shape index (κ3) is 3.22. The second kappa shape index (κ2) is 7.70. The molecule has 3 aromatic carbocycles. The van der Waals surface area contributed by atoms with Crippen LogP contribution >= 0.6 is 23.2 Å². The Morgan fingerprint density at radius 3 is 2.10 bits per heavy atom. The van der Waals surface area contributed by atoms with E-state index >= 15 is 0 Å². The molecule has 3 aromatic rings. The first-order valence-electron chi connectivity index (χ1n) is 9.30. The van der Waals surface area contributed by atoms with E-state index in [0.29, 0.717) is 32.5 Å². The number of terminal acetylenes is 1. The highest BCUT2D eigenvalue weighted by Crippen LogP contribution is 2.44. The van der Waals surface area contributed by atoms with Gasteiger partial charge < -0.3 is 5.11 Å². The van der Waals surface area contributed by atoms with E-state index in [1.807, 2.05) is 0 Å². The van der Waals surface area contributed by atoms with Crippen LogP contribution < -0.4 is 9.80 Å². The van der Waals surface area contributed by atoms with E-state index in [4.69, 9.17) is 29.6 Å². The van der Waals surface area contributed by atoms with Gasteiger partial charge in [-0.3, -0.25) is 9.80 Å². The van der Waals surface area contributed by atoms with Crippen molar-refractivity contribution in [2.24, 2.45) is 0 Å². The first-order chi connectivity index (χ1) is 14.4. The third-order valence-corrected chi connectivity index (χ3v) is 5.86. The molecule has 1 saturated heterocycles. The van der Waals surface area contributed by atoms with E-state index < -0.39 is 11.8 Å². The summed E-state index contributed by atoms with van der Waals surface area (Å²) < 4.78 is 0. The van der Waals surface area contributed by atoms with Gasteiger partial charge in [-0.25, -0.2) is 4.79 Å². The lowest BCUT2D eigenvalue weighted by Gasteiger charge is -2.35. The summed E-state index contributed by atoms with van der Waals surface area (Å²) in [5, 5.41) is 13.1. The molecule has 1 heterocycles. The van der Waals surface area contributed by atoms with Crippen LogP contribution in [0.25, 0.3) is 0 Å². The fraction of sp³-hybridized carbons (Fsp3) is 0.125. The first-order valence-corrected chi connectivity index (χ1v) is 10.1. The van der Waals surface area contributed by atoms with Crippen LogP contribution in [0.1, 0.15) is 18.1 Å². The molecule has 1 fully saturated rings. The maximum atomic E-state index is 13.6. The van der Waals surface area contributed by atoms with Crippen molar-refractivity contribution >= 4 is 40.6 Å². The zero-order chi connectivity index (χ0) is 21.5. The Morgan fingerprint density at radius 2 is 1.53 bits per heavy atom. The van der Waals surface area contributed by atoms with Crippen molar-refractivity contribution < 1.29 is 9.90 Å². The molecule has 30 heavy (non-hydrogen) atoms. The summed E-state index contributed by atoms with van der Waals surface area (Å²) in [5.74, 6) is 2.59. The van der Waals surface area contributed by atoms with Crippen molar-refractivity contribution in [3.8, 4) is 12.3 Å². The van der Waals surface area contributed by atoms with Crippen LogP contribution in [0, 0.1) is 12.3 Å². The van der Waals surface area contributed by atoms with Gasteiger partial charge in [0, 0.05) is 32.5 Å². The minimum atomic E-state index is -1.67. The summed E-state index contributed by atoms with van der Waals surface area (Å²) in [6.45, 7) is 1.80. The van der Waals surface area contributed by atoms with E-state index in [0.717, 1.165) is 0 Å². The molecule has 1 aliphatic rings. The Hall–Kier alpha value is -2.97. The fourth-order valence-electron chi connectivity index (χ4n) is 3.83. The second-order valence-corrected chi connectivity index (χ2v) is 7.94. The Bertz CT molecular complexity index is 1140. The molecule has 6 heteroatoms. The van der Waals surface area contributed by atoms with Gasteiger partial charge >= 0.3 is 6.03 Å². The predicted octanol–water partition coefficient (Wildman–Crippen LogP) is 5.66. The molecule has 0 bridgehead atoms. The number of carbonyl (C=O) groups excluding carboxylic acids is 1. The number of carbonyl (C=O) groups is 1. The molecule has 1 aliphatic heterocycles. The number of rotatable bonds is 3. The van der Waals surface area contributed by atoms with Gasteiger partial charge in [0.25, 0.3) is 0 Å². The van der Waals surface area contributed by atoms with Gasteiger partial charge in [0.05, 0.1) is 6.04 Å². The number of anilines is 2. The van der Waals surface area contributed by atoms with Crippen LogP contribution in [-0.2, 0) is 5.72 Å². The Kier molecular flexibility index (Phi) is 5.21. The molecule has 0 radical (unpaired) electrons. The van der Waals surface area contributed by atoms with Gasteiger partial charge in [-0.2, -0.15) is 0 Å². The normalized spacial score (nSPS) is 21.0. The summed E-state index contributed by atoms with van der Waals surface area (Å²) in [6.07, 6.45) is 5.57. The van der Waals surface area contributed by atoms with Crippen molar-refractivity contribution in [3.05, 3.63) is 94.0 Å². The van der Waals surface area contributed by atoms with Gasteiger partial charge in [0.15, 0.2) is 5.72 Å². The van der Waals surface area contributed by atoms with E-state index in [2.05, 4.69) is 5.92 Å². The van der Waals surface area contributed by atoms with Gasteiger partial charge in [0.2, 0.25) is 0 Å². The number of nitrogens with zero attached hydrogens (tertiary/aromatic N) is 2. The molecule has 2 amide bonds. The number of hydrogen-bond acceptors (Lipinski definition) is 2. The highest BCUT2D eigenvalue weighted by atomic mass is 35.5. The van der Waals surface area contributed by atoms with Crippen LogP contribution in [0.3, 0.4) is 0 Å². The quantitative estimate of drug-likeness (QED) is 0.538. The average molecular weight is 437 g/mol. The molecule has 4 rings (SSSR count). The predicted molar refractivity (Wildman–Crippen MR) is 121 cm³/mol. The average Bonchev–Trinajstić information content (AvgIpc) is 2.96. The monoisotopic (exact) mass is 436 g/mol. The number of benzene rings is 3. The van der Waals surface area contributed by atoms with E-state index in [-0.39, 0.29) is 6.03 Å². The van der Waals surface area contributed by atoms with Crippen molar-refractivity contribution in [1.82, 2.24) is 0 Å². The summed E-state index contributed by atoms with van der Waals surface area (Å²) in [6, 6.07) is 19.7. The number of urea groups is 1. The standard InChI is InChI=1S/C24H18Cl2N2O2/c1-3-17-5-4-6-18(15-17)24(30)16(2)27(21-11-7-19(25)8-12-21)23(29)28(24)22-13-9-20(26)10-14-22/h1,4-16,30H,2H3/t16-,24?/m1/s1. The molecular formula is C24H18Cl2N2O2. The van der Waals surface area contributed by atoms with E-state index in [1.165, 1.54) is 4.90 Å². The minimum absolute atomic E-state index is 0.374. The lowest BCUT2D eigenvalue weighted by atomic mass is 9.93. The van der Waals surface area contributed by atoms with Gasteiger partial charge in [-0.1, -0.05) is 41.3 Å². The third-order valence-electron chi connectivity index (χ3n) is 5.35. The molecule has 0 spiro atoms. The van der Waals surface area contributed by atoms with E-state index in [9.17, 15) is 9.90 Å². The minimum Gasteiger partial charge on any atom is -0.365 e. The summed E-state index contributed by atoms with van der Waals surface area (Å²) in [7, 11) is 0. The Morgan fingerprint density at radius 1 is 0.967 bits per heavy atom. The van der Waals surface area contributed by atoms with Gasteiger partial charge in [0.1, 0.15) is 0 Å². The lowest BCUT2D eigenvalue weighted by Crippen LogP contribution is -2.48. The topological polar surface area (TPSA) is 43.8 Å². The number of hydrogen-bond donors (Lipinski definition) is 1. The fourth-order valence-corrected chi connectivity index (χ4v) is 4.08. The highest BCUT2D eigenvalue weighted by Gasteiger charge is 2.56. The van der Waals surface area contributed by atoms with Crippen molar-refractivity contribution in [3.63, 3.8) is 0 Å². The number of aliphatic hydroxyl groups is 1. The van der Waals surface area contributed by atoms with Crippen LogP contribution in [0.2, 0.25) is 10.0 Å². The maximum Gasteiger partial charge on any atom is 0.332 e.